The minimum atomic E-state index is -0.730. The Kier molecular flexibility index (Phi) is 1.77. The Morgan fingerprint density at radius 1 is 1.21 bits per heavy atom. The van der Waals surface area contributed by atoms with E-state index in [1.807, 2.05) is 19.9 Å². The average Bonchev–Trinajstić information content (AvgIpc) is 2.15. The average molecular weight is 189 g/mol. The maximum absolute atomic E-state index is 11.0. The van der Waals surface area contributed by atoms with Crippen molar-refractivity contribution >= 4 is 23.2 Å². The molecule has 0 atom stereocenters. The van der Waals surface area contributed by atoms with Crippen molar-refractivity contribution in [1.82, 2.24) is 5.32 Å². The van der Waals surface area contributed by atoms with Crippen LogP contribution in [0.4, 0.5) is 11.4 Å². The van der Waals surface area contributed by atoms with Crippen LogP contribution in [0, 0.1) is 13.8 Å². The van der Waals surface area contributed by atoms with Gasteiger partial charge in [0.2, 0.25) is 0 Å². The van der Waals surface area contributed by atoms with Crippen molar-refractivity contribution in [2.45, 2.75) is 13.8 Å². The summed E-state index contributed by atoms with van der Waals surface area (Å²) >= 11 is 0. The summed E-state index contributed by atoms with van der Waals surface area (Å²) in [5.74, 6) is -1.40. The molecule has 0 aromatic heterocycles. The number of nitrogens with zero attached hydrogens (tertiary/aromatic N) is 1. The second kappa shape index (κ2) is 2.83. The molecule has 1 aliphatic heterocycles. The molecule has 1 heterocycles. The summed E-state index contributed by atoms with van der Waals surface area (Å²) in [5.41, 5.74) is 3.17. The van der Waals surface area contributed by atoms with E-state index in [0.717, 1.165) is 11.1 Å². The van der Waals surface area contributed by atoms with Gasteiger partial charge in [0, 0.05) is 0 Å². The van der Waals surface area contributed by atoms with Crippen molar-refractivity contribution in [3.8, 4) is 0 Å². The second-order valence-corrected chi connectivity index (χ2v) is 3.27. The van der Waals surface area contributed by atoms with Gasteiger partial charge in [0.15, 0.2) is 0 Å². The predicted octanol–water partition coefficient (Wildman–Crippen LogP) is 1.02. The van der Waals surface area contributed by atoms with Crippen LogP contribution >= 0.6 is 0 Å². The normalized spacial score (nSPS) is 14.4. The van der Waals surface area contributed by atoms with Gasteiger partial charge in [-0.25, -0.2) is 5.32 Å². The highest BCUT2D eigenvalue weighted by molar-refractivity contribution is 6.42. The van der Waals surface area contributed by atoms with Crippen LogP contribution < -0.4 is 10.6 Å². The van der Waals surface area contributed by atoms with Crippen LogP contribution in [0.2, 0.25) is 0 Å². The van der Waals surface area contributed by atoms with E-state index >= 15 is 0 Å². The smallest absolute Gasteiger partial charge is 0.316 e. The first-order valence-corrected chi connectivity index (χ1v) is 4.27. The molecule has 1 radical (unpaired) electrons. The highest BCUT2D eigenvalue weighted by Crippen LogP contribution is 2.30. The molecule has 1 aromatic carbocycles. The van der Waals surface area contributed by atoms with E-state index in [9.17, 15) is 9.59 Å². The Morgan fingerprint density at radius 2 is 1.93 bits per heavy atom. The van der Waals surface area contributed by atoms with Crippen LogP contribution in [-0.4, -0.2) is 11.8 Å². The van der Waals surface area contributed by atoms with Gasteiger partial charge in [-0.15, -0.1) is 0 Å². The molecule has 0 unspecified atom stereocenters. The van der Waals surface area contributed by atoms with Crippen LogP contribution in [0.25, 0.3) is 0 Å². The summed E-state index contributed by atoms with van der Waals surface area (Å²) in [6.07, 6.45) is 0. The molecular weight excluding hydrogens is 180 g/mol. The highest BCUT2D eigenvalue weighted by Gasteiger charge is 2.25. The Bertz CT molecular complexity index is 438. The van der Waals surface area contributed by atoms with E-state index in [1.165, 1.54) is 0 Å². The zero-order valence-corrected chi connectivity index (χ0v) is 7.92. The third kappa shape index (κ3) is 1.16. The van der Waals surface area contributed by atoms with Crippen molar-refractivity contribution in [1.29, 1.82) is 0 Å². The third-order valence-electron chi connectivity index (χ3n) is 2.36. The third-order valence-corrected chi connectivity index (χ3v) is 2.36. The van der Waals surface area contributed by atoms with Crippen LogP contribution in [0.5, 0.6) is 0 Å². The van der Waals surface area contributed by atoms with Gasteiger partial charge in [-0.1, -0.05) is 6.07 Å². The number of carbonyl (C=O) groups is 2. The number of benzene rings is 1. The molecule has 71 valence electrons. The molecule has 4 nitrogen and oxygen atoms in total. The van der Waals surface area contributed by atoms with Crippen LogP contribution in [0.1, 0.15) is 11.1 Å². The number of anilines is 1. The van der Waals surface area contributed by atoms with Gasteiger partial charge < -0.3 is 5.32 Å². The predicted molar refractivity (Wildman–Crippen MR) is 51.3 cm³/mol. The largest absolute Gasteiger partial charge is 0.335 e. The molecule has 1 aromatic rings. The molecule has 2 rings (SSSR count). The van der Waals surface area contributed by atoms with Crippen molar-refractivity contribution in [2.24, 2.45) is 0 Å². The molecule has 14 heavy (non-hydrogen) atoms. The van der Waals surface area contributed by atoms with E-state index in [-0.39, 0.29) is 0 Å². The molecule has 0 saturated carbocycles. The molecule has 1 N–H and O–H groups in total. The van der Waals surface area contributed by atoms with Crippen molar-refractivity contribution < 1.29 is 9.59 Å². The lowest BCUT2D eigenvalue weighted by Crippen LogP contribution is -2.33. The SMILES string of the molecule is Cc1ccc2c(c1C)[N]C(=O)C(=O)N2. The molecule has 0 bridgehead atoms. The number of aryl methyl sites for hydroxylation is 1. The fourth-order valence-electron chi connectivity index (χ4n) is 1.37. The summed E-state index contributed by atoms with van der Waals surface area (Å²) in [7, 11) is 0. The van der Waals surface area contributed by atoms with Gasteiger partial charge in [0.1, 0.15) is 0 Å². The zero-order chi connectivity index (χ0) is 10.3. The summed E-state index contributed by atoms with van der Waals surface area (Å²) in [6, 6.07) is 3.64. The molecule has 4 heteroatoms. The van der Waals surface area contributed by atoms with E-state index in [1.54, 1.807) is 6.07 Å². The lowest BCUT2D eigenvalue weighted by atomic mass is 10.0. The Morgan fingerprint density at radius 3 is 2.64 bits per heavy atom. The first kappa shape index (κ1) is 8.74. The van der Waals surface area contributed by atoms with Gasteiger partial charge in [-0.3, -0.25) is 9.59 Å². The maximum atomic E-state index is 11.0. The number of nitrogens with one attached hydrogen (secondary N) is 1. The molecule has 0 saturated heterocycles. The number of fused-ring (bicyclic) bond motifs is 1. The first-order valence-electron chi connectivity index (χ1n) is 4.27. The Labute approximate surface area is 81.3 Å². The van der Waals surface area contributed by atoms with Crippen LogP contribution in [-0.2, 0) is 9.59 Å². The molecule has 0 fully saturated rings. The summed E-state index contributed by atoms with van der Waals surface area (Å²) in [6.45, 7) is 3.81. The van der Waals surface area contributed by atoms with Gasteiger partial charge in [0.25, 0.3) is 0 Å². The lowest BCUT2D eigenvalue weighted by Gasteiger charge is -2.18. The van der Waals surface area contributed by atoms with Crippen molar-refractivity contribution in [3.05, 3.63) is 23.3 Å². The summed E-state index contributed by atoms with van der Waals surface area (Å²) in [4.78, 5) is 22.0. The number of carbonyl (C=O) groups excluding carboxylic acids is 2. The first-order chi connectivity index (χ1) is 6.59. The molecule has 2 amide bonds. The van der Waals surface area contributed by atoms with Crippen LogP contribution in [0.15, 0.2) is 12.1 Å². The topological polar surface area (TPSA) is 60.3 Å². The van der Waals surface area contributed by atoms with Crippen molar-refractivity contribution in [2.75, 3.05) is 5.32 Å². The molecule has 1 aliphatic rings. The second-order valence-electron chi connectivity index (χ2n) is 3.27. The molecule has 0 aliphatic carbocycles. The number of amides is 2. The minimum absolute atomic E-state index is 0.578. The Hall–Kier alpha value is -1.84. The van der Waals surface area contributed by atoms with E-state index in [4.69, 9.17) is 0 Å². The van der Waals surface area contributed by atoms with E-state index in [2.05, 4.69) is 10.6 Å². The molecule has 0 spiro atoms. The monoisotopic (exact) mass is 189 g/mol. The quantitative estimate of drug-likeness (QED) is 0.619. The van der Waals surface area contributed by atoms with Gasteiger partial charge in [-0.05, 0) is 31.0 Å². The van der Waals surface area contributed by atoms with Gasteiger partial charge in [0.05, 0.1) is 11.4 Å². The van der Waals surface area contributed by atoms with Crippen LogP contribution in [0.3, 0.4) is 0 Å². The van der Waals surface area contributed by atoms with Gasteiger partial charge >= 0.3 is 11.8 Å². The van der Waals surface area contributed by atoms with Gasteiger partial charge in [-0.2, -0.15) is 0 Å². The van der Waals surface area contributed by atoms with E-state index < -0.39 is 11.8 Å². The number of rotatable bonds is 0. The summed E-state index contributed by atoms with van der Waals surface area (Å²) < 4.78 is 0. The Balaban J connectivity index is 2.58. The fourth-order valence-corrected chi connectivity index (χ4v) is 1.37. The zero-order valence-electron chi connectivity index (χ0n) is 7.92. The maximum Gasteiger partial charge on any atom is 0.335 e. The van der Waals surface area contributed by atoms with Crippen molar-refractivity contribution in [3.63, 3.8) is 0 Å². The highest BCUT2D eigenvalue weighted by atomic mass is 16.2. The molecular formula is C10H9N2O2. The lowest BCUT2D eigenvalue weighted by molar-refractivity contribution is -0.135. The minimum Gasteiger partial charge on any atom is -0.316 e. The fraction of sp³-hybridized carbons (Fsp3) is 0.200. The standard InChI is InChI=1S/C10H9N2O2/c1-5-3-4-7-8(6(5)2)12-10(14)9(13)11-7/h3-4H,1-2H3,(H,11,13). The van der Waals surface area contributed by atoms with E-state index in [0.29, 0.717) is 11.4 Å². The summed E-state index contributed by atoms with van der Waals surface area (Å²) in [5, 5.41) is 6.23. The number of hydrogen-bond acceptors (Lipinski definition) is 2. The number of hydrogen-bond donors (Lipinski definition) is 1.